The minimum absolute atomic E-state index is 0.125. The van der Waals surface area contributed by atoms with Crippen molar-refractivity contribution in [2.45, 2.75) is 6.04 Å². The Morgan fingerprint density at radius 3 is 2.25 bits per heavy atom. The number of carboxylic acid groups (broad SMARTS) is 1. The van der Waals surface area contributed by atoms with Crippen LogP contribution in [0.2, 0.25) is 0 Å². The van der Waals surface area contributed by atoms with Crippen molar-refractivity contribution in [2.24, 2.45) is 0 Å². The maximum atomic E-state index is 12.9. The Bertz CT molecular complexity index is 402. The van der Waals surface area contributed by atoms with Gasteiger partial charge < -0.3 is 10.0 Å². The van der Waals surface area contributed by atoms with Crippen LogP contribution in [0.3, 0.4) is 0 Å². The van der Waals surface area contributed by atoms with Gasteiger partial charge in [-0.15, -0.1) is 0 Å². The highest BCUT2D eigenvalue weighted by Gasteiger charge is 2.24. The van der Waals surface area contributed by atoms with Crippen molar-refractivity contribution >= 4 is 12.4 Å². The molecule has 0 saturated heterocycles. The molecule has 1 aromatic rings. The fraction of sp³-hybridized carbons (Fsp3) is 0.200. The molecule has 1 rings (SSSR count). The van der Waals surface area contributed by atoms with Crippen molar-refractivity contribution < 1.29 is 23.5 Å². The highest BCUT2D eigenvalue weighted by Crippen LogP contribution is 2.20. The molecule has 0 fully saturated rings. The van der Waals surface area contributed by atoms with Gasteiger partial charge in [-0.25, -0.2) is 13.6 Å². The van der Waals surface area contributed by atoms with Gasteiger partial charge in [-0.2, -0.15) is 0 Å². The molecule has 0 aliphatic heterocycles. The van der Waals surface area contributed by atoms with Gasteiger partial charge in [-0.3, -0.25) is 4.79 Å². The van der Waals surface area contributed by atoms with E-state index < -0.39 is 23.6 Å². The lowest BCUT2D eigenvalue weighted by molar-refractivity contribution is -0.145. The van der Waals surface area contributed by atoms with Crippen LogP contribution in [0.1, 0.15) is 11.6 Å². The molecular weight excluding hydrogens is 220 g/mol. The number of aliphatic carboxylic acids is 1. The predicted molar refractivity (Wildman–Crippen MR) is 50.6 cm³/mol. The first-order valence-corrected chi connectivity index (χ1v) is 4.31. The van der Waals surface area contributed by atoms with Crippen LogP contribution in [-0.2, 0) is 9.59 Å². The van der Waals surface area contributed by atoms with Crippen LogP contribution in [0.5, 0.6) is 0 Å². The van der Waals surface area contributed by atoms with E-state index in [-0.39, 0.29) is 12.0 Å². The van der Waals surface area contributed by atoms with Crippen molar-refractivity contribution in [3.05, 3.63) is 35.4 Å². The number of benzene rings is 1. The Balaban J connectivity index is 3.20. The molecule has 0 radical (unpaired) electrons. The molecule has 1 unspecified atom stereocenters. The fourth-order valence-corrected chi connectivity index (χ4v) is 1.35. The molecule has 0 bridgehead atoms. The summed E-state index contributed by atoms with van der Waals surface area (Å²) in [4.78, 5) is 22.2. The molecule has 4 nitrogen and oxygen atoms in total. The summed E-state index contributed by atoms with van der Waals surface area (Å²) in [6.07, 6.45) is 0.279. The summed E-state index contributed by atoms with van der Waals surface area (Å²) < 4.78 is 25.8. The number of carbonyl (C=O) groups is 2. The largest absolute Gasteiger partial charge is 0.479 e. The number of likely N-dealkylation sites (N-methyl/N-ethyl adjacent to an activating group) is 1. The number of amides is 1. The van der Waals surface area contributed by atoms with E-state index in [2.05, 4.69) is 0 Å². The second kappa shape index (κ2) is 4.69. The van der Waals surface area contributed by atoms with E-state index in [0.717, 1.165) is 17.0 Å². The van der Waals surface area contributed by atoms with Crippen molar-refractivity contribution in [3.63, 3.8) is 0 Å². The van der Waals surface area contributed by atoms with Crippen LogP contribution in [0.25, 0.3) is 0 Å². The summed E-state index contributed by atoms with van der Waals surface area (Å²) in [6.45, 7) is 0. The molecule has 0 spiro atoms. The smallest absolute Gasteiger partial charge is 0.331 e. The first-order valence-electron chi connectivity index (χ1n) is 4.31. The van der Waals surface area contributed by atoms with E-state index in [9.17, 15) is 18.4 Å². The molecule has 1 N–H and O–H groups in total. The number of halogens is 2. The van der Waals surface area contributed by atoms with Crippen LogP contribution in [0.15, 0.2) is 18.2 Å². The van der Waals surface area contributed by atoms with Crippen LogP contribution >= 0.6 is 0 Å². The molecular formula is C10H9F2NO3. The molecule has 6 heteroatoms. The zero-order chi connectivity index (χ0) is 12.3. The third-order valence-electron chi connectivity index (χ3n) is 2.01. The summed E-state index contributed by atoms with van der Waals surface area (Å²) in [5, 5.41) is 8.86. The summed E-state index contributed by atoms with van der Waals surface area (Å²) in [5.74, 6) is -3.14. The second-order valence-electron chi connectivity index (χ2n) is 3.21. The number of rotatable bonds is 4. The topological polar surface area (TPSA) is 57.6 Å². The Hall–Kier alpha value is -1.98. The molecule has 1 amide bonds. The number of nitrogens with zero attached hydrogens (tertiary/aromatic N) is 1. The lowest BCUT2D eigenvalue weighted by atomic mass is 10.1. The number of hydrogen-bond acceptors (Lipinski definition) is 2. The van der Waals surface area contributed by atoms with Crippen LogP contribution in [-0.4, -0.2) is 29.4 Å². The SMILES string of the molecule is CN(C=O)C(C(=O)O)c1cc(F)cc(F)c1. The summed E-state index contributed by atoms with van der Waals surface area (Å²) in [6, 6.07) is 0.982. The molecule has 1 aromatic carbocycles. The minimum atomic E-state index is -1.40. The van der Waals surface area contributed by atoms with E-state index in [1.165, 1.54) is 7.05 Å². The lowest BCUT2D eigenvalue weighted by Crippen LogP contribution is -2.29. The Kier molecular flexibility index (Phi) is 3.55. The zero-order valence-corrected chi connectivity index (χ0v) is 8.35. The van der Waals surface area contributed by atoms with Crippen LogP contribution < -0.4 is 0 Å². The molecule has 0 saturated carbocycles. The lowest BCUT2D eigenvalue weighted by Gasteiger charge is -2.20. The van der Waals surface area contributed by atoms with E-state index in [0.29, 0.717) is 6.07 Å². The molecule has 0 aliphatic rings. The van der Waals surface area contributed by atoms with Gasteiger partial charge in [0.2, 0.25) is 6.41 Å². The predicted octanol–water partition coefficient (Wildman–Crippen LogP) is 1.18. The molecule has 1 atom stereocenters. The third-order valence-corrected chi connectivity index (χ3v) is 2.01. The van der Waals surface area contributed by atoms with Crippen molar-refractivity contribution in [1.29, 1.82) is 0 Å². The van der Waals surface area contributed by atoms with Gasteiger partial charge in [-0.1, -0.05) is 0 Å². The maximum absolute atomic E-state index is 12.9. The van der Waals surface area contributed by atoms with Crippen molar-refractivity contribution in [1.82, 2.24) is 4.90 Å². The second-order valence-corrected chi connectivity index (χ2v) is 3.21. The van der Waals surface area contributed by atoms with Crippen LogP contribution in [0, 0.1) is 11.6 Å². The van der Waals surface area contributed by atoms with Gasteiger partial charge in [0.05, 0.1) is 0 Å². The first-order chi connectivity index (χ1) is 7.45. The summed E-state index contributed by atoms with van der Waals surface area (Å²) in [7, 11) is 1.22. The quantitative estimate of drug-likeness (QED) is 0.788. The Labute approximate surface area is 90.1 Å². The van der Waals surface area contributed by atoms with Gasteiger partial charge in [0.15, 0.2) is 6.04 Å². The molecule has 0 aromatic heterocycles. The molecule has 0 aliphatic carbocycles. The average Bonchev–Trinajstić information content (AvgIpc) is 2.15. The van der Waals surface area contributed by atoms with E-state index in [1.807, 2.05) is 0 Å². The Morgan fingerprint density at radius 2 is 1.88 bits per heavy atom. The summed E-state index contributed by atoms with van der Waals surface area (Å²) >= 11 is 0. The van der Waals surface area contributed by atoms with Gasteiger partial charge in [-0.05, 0) is 17.7 Å². The number of carboxylic acids is 1. The van der Waals surface area contributed by atoms with Crippen LogP contribution in [0.4, 0.5) is 8.78 Å². The number of carbonyl (C=O) groups excluding carboxylic acids is 1. The number of hydrogen-bond donors (Lipinski definition) is 1. The molecule has 0 heterocycles. The van der Waals surface area contributed by atoms with Crippen molar-refractivity contribution in [3.8, 4) is 0 Å². The maximum Gasteiger partial charge on any atom is 0.331 e. The van der Waals surface area contributed by atoms with Crippen molar-refractivity contribution in [2.75, 3.05) is 7.05 Å². The van der Waals surface area contributed by atoms with E-state index in [4.69, 9.17) is 5.11 Å². The Morgan fingerprint density at radius 1 is 1.38 bits per heavy atom. The summed E-state index contributed by atoms with van der Waals surface area (Å²) in [5.41, 5.74) is -0.125. The van der Waals surface area contributed by atoms with Gasteiger partial charge >= 0.3 is 5.97 Å². The van der Waals surface area contributed by atoms with Gasteiger partial charge in [0.1, 0.15) is 11.6 Å². The normalized spacial score (nSPS) is 11.9. The van der Waals surface area contributed by atoms with E-state index in [1.54, 1.807) is 0 Å². The highest BCUT2D eigenvalue weighted by molar-refractivity contribution is 5.78. The monoisotopic (exact) mass is 229 g/mol. The third kappa shape index (κ3) is 2.53. The standard InChI is InChI=1S/C10H9F2NO3/c1-13(5-14)9(10(15)16)6-2-7(11)4-8(12)3-6/h2-5,9H,1H3,(H,15,16). The molecule has 16 heavy (non-hydrogen) atoms. The first kappa shape index (κ1) is 12.1. The zero-order valence-electron chi connectivity index (χ0n) is 8.35. The average molecular weight is 229 g/mol. The molecule has 86 valence electrons. The van der Waals surface area contributed by atoms with E-state index >= 15 is 0 Å². The van der Waals surface area contributed by atoms with Gasteiger partial charge in [0, 0.05) is 13.1 Å². The highest BCUT2D eigenvalue weighted by atomic mass is 19.1. The fourth-order valence-electron chi connectivity index (χ4n) is 1.35. The van der Waals surface area contributed by atoms with Gasteiger partial charge in [0.25, 0.3) is 0 Å². The minimum Gasteiger partial charge on any atom is -0.479 e.